The molecule has 0 radical (unpaired) electrons. The highest BCUT2D eigenvalue weighted by atomic mass is 32.1. The molecule has 3 rings (SSSR count). The van der Waals surface area contributed by atoms with Gasteiger partial charge in [0.1, 0.15) is 6.54 Å². The van der Waals surface area contributed by atoms with Gasteiger partial charge in [-0.05, 0) is 12.8 Å². The molecule has 1 unspecified atom stereocenters. The van der Waals surface area contributed by atoms with Gasteiger partial charge in [-0.1, -0.05) is 0 Å². The van der Waals surface area contributed by atoms with Crippen molar-refractivity contribution in [3.8, 4) is 0 Å². The normalized spacial score (nSPS) is 22.2. The Morgan fingerprint density at radius 3 is 2.82 bits per heavy atom. The van der Waals surface area contributed by atoms with Gasteiger partial charge in [-0.2, -0.15) is 13.2 Å². The summed E-state index contributed by atoms with van der Waals surface area (Å²) in [5, 5.41) is 4.92. The van der Waals surface area contributed by atoms with Crippen molar-refractivity contribution in [3.63, 3.8) is 0 Å². The third kappa shape index (κ3) is 3.57. The van der Waals surface area contributed by atoms with Crippen LogP contribution < -0.4 is 5.32 Å². The second kappa shape index (κ2) is 5.53. The molecular formula is C13H14F3N3O2S. The average molecular weight is 333 g/mol. The Bertz CT molecular complexity index is 598. The molecule has 9 heteroatoms. The van der Waals surface area contributed by atoms with Crippen molar-refractivity contribution in [3.05, 3.63) is 11.1 Å². The lowest BCUT2D eigenvalue weighted by molar-refractivity contribution is -0.157. The Morgan fingerprint density at radius 2 is 2.18 bits per heavy atom. The molecule has 1 atom stereocenters. The molecule has 1 aliphatic carbocycles. The van der Waals surface area contributed by atoms with E-state index in [1.807, 2.05) is 5.38 Å². The molecule has 2 fully saturated rings. The molecule has 120 valence electrons. The van der Waals surface area contributed by atoms with E-state index in [1.54, 1.807) is 0 Å². The summed E-state index contributed by atoms with van der Waals surface area (Å²) in [5.74, 6) is -1.38. The molecule has 5 nitrogen and oxygen atoms in total. The summed E-state index contributed by atoms with van der Waals surface area (Å²) >= 11 is 1.30. The highest BCUT2D eigenvalue weighted by Crippen LogP contribution is 2.41. The lowest BCUT2D eigenvalue weighted by atomic mass is 10.1. The van der Waals surface area contributed by atoms with E-state index >= 15 is 0 Å². The number of carbonyl (C=O) groups is 2. The first kappa shape index (κ1) is 15.3. The van der Waals surface area contributed by atoms with E-state index in [0.29, 0.717) is 15.9 Å². The van der Waals surface area contributed by atoms with Gasteiger partial charge >= 0.3 is 6.18 Å². The third-order valence-electron chi connectivity index (χ3n) is 3.70. The molecule has 1 aromatic heterocycles. The number of thiazole rings is 1. The topological polar surface area (TPSA) is 62.3 Å². The monoisotopic (exact) mass is 333 g/mol. The molecule has 0 bridgehead atoms. The van der Waals surface area contributed by atoms with Crippen molar-refractivity contribution in [2.24, 2.45) is 5.92 Å². The van der Waals surface area contributed by atoms with Crippen LogP contribution in [-0.4, -0.2) is 41.0 Å². The number of hydrogen-bond acceptors (Lipinski definition) is 4. The van der Waals surface area contributed by atoms with Gasteiger partial charge in [-0.3, -0.25) is 9.59 Å². The minimum atomic E-state index is -4.45. The first-order chi connectivity index (χ1) is 10.3. The maximum absolute atomic E-state index is 12.3. The Balaban J connectivity index is 1.57. The number of anilines is 1. The van der Waals surface area contributed by atoms with Crippen LogP contribution in [-0.2, 0) is 9.59 Å². The minimum Gasteiger partial charge on any atom is -0.333 e. The molecule has 1 aromatic rings. The largest absolute Gasteiger partial charge is 0.406 e. The van der Waals surface area contributed by atoms with Crippen LogP contribution in [0.2, 0.25) is 0 Å². The van der Waals surface area contributed by atoms with Gasteiger partial charge in [0, 0.05) is 24.3 Å². The van der Waals surface area contributed by atoms with Crippen LogP contribution in [0.5, 0.6) is 0 Å². The highest BCUT2D eigenvalue weighted by Gasteiger charge is 2.40. The second-order valence-electron chi connectivity index (χ2n) is 5.63. The van der Waals surface area contributed by atoms with Crippen molar-refractivity contribution in [2.45, 2.75) is 31.4 Å². The lowest BCUT2D eigenvalue weighted by Crippen LogP contribution is -2.36. The Kier molecular flexibility index (Phi) is 3.84. The third-order valence-corrected chi connectivity index (χ3v) is 4.48. The number of halogens is 3. The number of nitrogens with zero attached hydrogens (tertiary/aromatic N) is 2. The van der Waals surface area contributed by atoms with Crippen LogP contribution >= 0.6 is 11.3 Å². The molecule has 0 aromatic carbocycles. The smallest absolute Gasteiger partial charge is 0.333 e. The van der Waals surface area contributed by atoms with E-state index in [1.165, 1.54) is 11.3 Å². The maximum atomic E-state index is 12.3. The lowest BCUT2D eigenvalue weighted by Gasteiger charge is -2.18. The molecule has 1 saturated carbocycles. The number of rotatable bonds is 4. The number of amides is 2. The minimum absolute atomic E-state index is 0.192. The van der Waals surface area contributed by atoms with Crippen LogP contribution in [0.15, 0.2) is 5.38 Å². The van der Waals surface area contributed by atoms with Gasteiger partial charge in [0.25, 0.3) is 0 Å². The van der Waals surface area contributed by atoms with Crippen molar-refractivity contribution < 1.29 is 22.8 Å². The number of hydrogen-bond donors (Lipinski definition) is 1. The molecule has 1 saturated heterocycles. The van der Waals surface area contributed by atoms with Gasteiger partial charge in [-0.25, -0.2) is 4.98 Å². The first-order valence-electron chi connectivity index (χ1n) is 6.92. The fourth-order valence-corrected chi connectivity index (χ4v) is 3.23. The Morgan fingerprint density at radius 1 is 1.45 bits per heavy atom. The summed E-state index contributed by atoms with van der Waals surface area (Å²) in [6, 6.07) is 0. The highest BCUT2D eigenvalue weighted by molar-refractivity contribution is 7.13. The predicted octanol–water partition coefficient (Wildman–Crippen LogP) is 2.37. The van der Waals surface area contributed by atoms with Crippen molar-refractivity contribution in [1.29, 1.82) is 0 Å². The van der Waals surface area contributed by atoms with Crippen LogP contribution in [0.4, 0.5) is 18.3 Å². The average Bonchev–Trinajstić information content (AvgIpc) is 3.06. The van der Waals surface area contributed by atoms with E-state index in [9.17, 15) is 22.8 Å². The summed E-state index contributed by atoms with van der Waals surface area (Å²) in [5.41, 5.74) is 0.946. The van der Waals surface area contributed by atoms with E-state index in [4.69, 9.17) is 0 Å². The van der Waals surface area contributed by atoms with E-state index in [-0.39, 0.29) is 13.0 Å². The zero-order chi connectivity index (χ0) is 15.9. The van der Waals surface area contributed by atoms with Gasteiger partial charge in [-0.15, -0.1) is 11.3 Å². The summed E-state index contributed by atoms with van der Waals surface area (Å²) in [7, 11) is 0. The molecule has 2 aliphatic rings. The van der Waals surface area contributed by atoms with Gasteiger partial charge < -0.3 is 10.2 Å². The molecular weight excluding hydrogens is 319 g/mol. The van der Waals surface area contributed by atoms with Crippen LogP contribution in [0.25, 0.3) is 0 Å². The first-order valence-corrected chi connectivity index (χ1v) is 7.80. The number of carbonyl (C=O) groups excluding carboxylic acids is 2. The van der Waals surface area contributed by atoms with Gasteiger partial charge in [0.15, 0.2) is 5.13 Å². The quantitative estimate of drug-likeness (QED) is 0.920. The van der Waals surface area contributed by atoms with E-state index < -0.39 is 30.5 Å². The fraction of sp³-hybridized carbons (Fsp3) is 0.615. The second-order valence-corrected chi connectivity index (χ2v) is 6.49. The van der Waals surface area contributed by atoms with Crippen molar-refractivity contribution in [2.75, 3.05) is 18.4 Å². The van der Waals surface area contributed by atoms with Crippen LogP contribution in [0, 0.1) is 5.92 Å². The van der Waals surface area contributed by atoms with Crippen LogP contribution in [0.1, 0.15) is 30.9 Å². The number of nitrogens with one attached hydrogen (secondary N) is 1. The zero-order valence-corrected chi connectivity index (χ0v) is 12.3. The Labute approximate surface area is 128 Å². The summed E-state index contributed by atoms with van der Waals surface area (Å²) in [4.78, 5) is 28.6. The van der Waals surface area contributed by atoms with Crippen molar-refractivity contribution in [1.82, 2.24) is 9.88 Å². The maximum Gasteiger partial charge on any atom is 0.406 e. The molecule has 2 amide bonds. The summed E-state index contributed by atoms with van der Waals surface area (Å²) < 4.78 is 37.0. The van der Waals surface area contributed by atoms with Crippen LogP contribution in [0.3, 0.4) is 0 Å². The Hall–Kier alpha value is -1.64. The number of aromatic nitrogens is 1. The SMILES string of the molecule is O=C(Nc1nc(C2CC2)cs1)C1CC(=O)N(CC(F)(F)F)C1. The summed E-state index contributed by atoms with van der Waals surface area (Å²) in [6.07, 6.45) is -2.44. The van der Waals surface area contributed by atoms with E-state index in [0.717, 1.165) is 18.5 Å². The molecule has 1 N–H and O–H groups in total. The number of alkyl halides is 3. The summed E-state index contributed by atoms with van der Waals surface area (Å²) in [6.45, 7) is -1.51. The predicted molar refractivity (Wildman–Crippen MR) is 73.5 cm³/mol. The molecule has 2 heterocycles. The van der Waals surface area contributed by atoms with E-state index in [2.05, 4.69) is 10.3 Å². The molecule has 1 aliphatic heterocycles. The molecule has 0 spiro atoms. The van der Waals surface area contributed by atoms with Gasteiger partial charge in [0.2, 0.25) is 11.8 Å². The fourth-order valence-electron chi connectivity index (χ4n) is 2.43. The van der Waals surface area contributed by atoms with Gasteiger partial charge in [0.05, 0.1) is 11.6 Å². The standard InChI is InChI=1S/C13H14F3N3O2S/c14-13(15,16)6-19-4-8(3-10(19)20)11(21)18-12-17-9(5-22-12)7-1-2-7/h5,7-8H,1-4,6H2,(H,17,18,21). The van der Waals surface area contributed by atoms with Crippen molar-refractivity contribution >= 4 is 28.3 Å². The molecule has 22 heavy (non-hydrogen) atoms. The number of likely N-dealkylation sites (tertiary alicyclic amines) is 1. The zero-order valence-electron chi connectivity index (χ0n) is 11.5.